The van der Waals surface area contributed by atoms with Crippen molar-refractivity contribution in [3.63, 3.8) is 0 Å². The van der Waals surface area contributed by atoms with Crippen LogP contribution in [0.3, 0.4) is 0 Å². The number of rotatable bonds is 4. The lowest BCUT2D eigenvalue weighted by Crippen LogP contribution is -2.44. The van der Waals surface area contributed by atoms with Crippen molar-refractivity contribution in [2.75, 3.05) is 6.54 Å². The van der Waals surface area contributed by atoms with E-state index < -0.39 is 28.0 Å². The molecule has 0 heterocycles. The first-order valence-corrected chi connectivity index (χ1v) is 6.18. The monoisotopic (exact) mass is 254 g/mol. The maximum Gasteiger partial charge on any atom is 0.422 e. The van der Waals surface area contributed by atoms with Gasteiger partial charge in [0.15, 0.2) is 0 Å². The summed E-state index contributed by atoms with van der Waals surface area (Å²) in [6, 6.07) is 0. The molecule has 0 bridgehead atoms. The van der Waals surface area contributed by atoms with Crippen molar-refractivity contribution in [2.24, 2.45) is 0 Å². The van der Waals surface area contributed by atoms with Gasteiger partial charge in [-0.3, -0.25) is 0 Å². The highest BCUT2D eigenvalue weighted by Gasteiger charge is 2.21. The first kappa shape index (κ1) is 15.1. The van der Waals surface area contributed by atoms with Gasteiger partial charge in [-0.15, -0.1) is 0 Å². The molecule has 1 unspecified atom stereocenters. The van der Waals surface area contributed by atoms with E-state index in [1.807, 2.05) is 4.72 Å². The second-order valence-electron chi connectivity index (χ2n) is 4.30. The number of ether oxygens (including phenoxy) is 1. The summed E-state index contributed by atoms with van der Waals surface area (Å²) in [5.41, 5.74) is -0.774. The predicted molar refractivity (Wildman–Crippen MR) is 58.0 cm³/mol. The molecule has 0 fully saturated rings. The minimum Gasteiger partial charge on any atom is -0.443 e. The van der Waals surface area contributed by atoms with Crippen molar-refractivity contribution < 1.29 is 23.1 Å². The van der Waals surface area contributed by atoms with Crippen LogP contribution in [0.1, 0.15) is 27.7 Å². The van der Waals surface area contributed by atoms with Crippen LogP contribution in [0.2, 0.25) is 0 Å². The molecule has 0 aromatic rings. The lowest BCUT2D eigenvalue weighted by Gasteiger charge is -2.19. The van der Waals surface area contributed by atoms with Crippen LogP contribution in [0, 0.1) is 0 Å². The lowest BCUT2D eigenvalue weighted by molar-refractivity contribution is 0.0569. The third kappa shape index (κ3) is 8.45. The third-order valence-corrected chi connectivity index (χ3v) is 2.17. The molecule has 96 valence electrons. The summed E-state index contributed by atoms with van der Waals surface area (Å²) in [6.07, 6.45) is -1.90. The van der Waals surface area contributed by atoms with Crippen molar-refractivity contribution >= 4 is 16.3 Å². The van der Waals surface area contributed by atoms with Gasteiger partial charge in [0.2, 0.25) is 0 Å². The van der Waals surface area contributed by atoms with Crippen LogP contribution in [0.25, 0.3) is 0 Å². The molecule has 0 aliphatic carbocycles. The molecule has 0 saturated carbocycles. The molecule has 7 nitrogen and oxygen atoms in total. The first-order chi connectivity index (χ1) is 7.02. The van der Waals surface area contributed by atoms with Crippen LogP contribution >= 0.6 is 0 Å². The van der Waals surface area contributed by atoms with Gasteiger partial charge >= 0.3 is 16.3 Å². The molecule has 0 saturated heterocycles. The number of aliphatic hydroxyl groups excluding tert-OH is 1. The molecule has 0 radical (unpaired) electrons. The summed E-state index contributed by atoms with van der Waals surface area (Å²) in [6.45, 7) is 6.07. The minimum atomic E-state index is -3.98. The van der Waals surface area contributed by atoms with Crippen molar-refractivity contribution in [3.8, 4) is 0 Å². The molecule has 0 rings (SSSR count). The van der Waals surface area contributed by atoms with Crippen molar-refractivity contribution in [1.29, 1.82) is 0 Å². The van der Waals surface area contributed by atoms with Crippen LogP contribution in [-0.2, 0) is 14.9 Å². The number of carbonyl (C=O) groups is 1. The highest BCUT2D eigenvalue weighted by Crippen LogP contribution is 2.06. The molecule has 0 aliphatic rings. The van der Waals surface area contributed by atoms with E-state index in [9.17, 15) is 13.2 Å². The molecule has 1 atom stereocenters. The van der Waals surface area contributed by atoms with Gasteiger partial charge in [0.25, 0.3) is 0 Å². The van der Waals surface area contributed by atoms with Crippen LogP contribution in [0.4, 0.5) is 4.79 Å². The van der Waals surface area contributed by atoms with Gasteiger partial charge in [0.05, 0.1) is 6.10 Å². The Bertz CT molecular complexity index is 331. The summed E-state index contributed by atoms with van der Waals surface area (Å²) in [5.74, 6) is 0. The zero-order chi connectivity index (χ0) is 13.0. The van der Waals surface area contributed by atoms with Gasteiger partial charge in [-0.1, -0.05) is 0 Å². The summed E-state index contributed by atoms with van der Waals surface area (Å²) >= 11 is 0. The van der Waals surface area contributed by atoms with E-state index in [1.54, 1.807) is 25.5 Å². The van der Waals surface area contributed by atoms with E-state index in [0.29, 0.717) is 0 Å². The van der Waals surface area contributed by atoms with Gasteiger partial charge in [0.1, 0.15) is 5.60 Å². The van der Waals surface area contributed by atoms with E-state index in [4.69, 9.17) is 9.84 Å². The summed E-state index contributed by atoms with van der Waals surface area (Å²) < 4.78 is 30.8. The number of amides is 1. The molecule has 3 N–H and O–H groups in total. The average molecular weight is 254 g/mol. The smallest absolute Gasteiger partial charge is 0.422 e. The first-order valence-electron chi connectivity index (χ1n) is 4.70. The Morgan fingerprint density at radius 1 is 1.44 bits per heavy atom. The zero-order valence-electron chi connectivity index (χ0n) is 9.77. The SMILES string of the molecule is CC(O)CNS(=O)(=O)NC(=O)OC(C)(C)C. The molecular weight excluding hydrogens is 236 g/mol. The minimum absolute atomic E-state index is 0.182. The molecule has 16 heavy (non-hydrogen) atoms. The Morgan fingerprint density at radius 2 is 1.94 bits per heavy atom. The molecule has 0 aliphatic heterocycles. The molecule has 0 aromatic carbocycles. The number of hydrogen-bond donors (Lipinski definition) is 3. The molecular formula is C8H18N2O5S. The van der Waals surface area contributed by atoms with E-state index in [0.717, 1.165) is 0 Å². The van der Waals surface area contributed by atoms with Crippen LogP contribution in [0.15, 0.2) is 0 Å². The van der Waals surface area contributed by atoms with E-state index in [2.05, 4.69) is 0 Å². The normalized spacial score (nSPS) is 14.3. The van der Waals surface area contributed by atoms with Gasteiger partial charge in [-0.05, 0) is 27.7 Å². The fourth-order valence-electron chi connectivity index (χ4n) is 0.675. The summed E-state index contributed by atoms with van der Waals surface area (Å²) in [5, 5.41) is 8.87. The average Bonchev–Trinajstić information content (AvgIpc) is 1.95. The highest BCUT2D eigenvalue weighted by atomic mass is 32.2. The quantitative estimate of drug-likeness (QED) is 0.640. The van der Waals surface area contributed by atoms with Gasteiger partial charge in [-0.2, -0.15) is 13.1 Å². The molecule has 0 spiro atoms. The van der Waals surface area contributed by atoms with Crippen molar-refractivity contribution in [1.82, 2.24) is 9.44 Å². The molecule has 8 heteroatoms. The Labute approximate surface area is 95.4 Å². The topological polar surface area (TPSA) is 105 Å². The number of carbonyl (C=O) groups excluding carboxylic acids is 1. The molecule has 1 amide bonds. The van der Waals surface area contributed by atoms with Crippen LogP contribution < -0.4 is 9.44 Å². The second kappa shape index (κ2) is 5.46. The Balaban J connectivity index is 4.22. The highest BCUT2D eigenvalue weighted by molar-refractivity contribution is 7.88. The number of aliphatic hydroxyl groups is 1. The van der Waals surface area contributed by atoms with Crippen molar-refractivity contribution in [3.05, 3.63) is 0 Å². The van der Waals surface area contributed by atoms with Gasteiger partial charge in [0, 0.05) is 6.54 Å². The van der Waals surface area contributed by atoms with Crippen molar-refractivity contribution in [2.45, 2.75) is 39.4 Å². The fraction of sp³-hybridized carbons (Fsp3) is 0.875. The van der Waals surface area contributed by atoms with E-state index in [-0.39, 0.29) is 6.54 Å². The lowest BCUT2D eigenvalue weighted by atomic mass is 10.2. The fourth-order valence-corrected chi connectivity index (χ4v) is 1.47. The number of hydrogen-bond acceptors (Lipinski definition) is 5. The second-order valence-corrected chi connectivity index (χ2v) is 5.80. The maximum absolute atomic E-state index is 11.2. The van der Waals surface area contributed by atoms with Gasteiger partial charge in [-0.25, -0.2) is 9.52 Å². The zero-order valence-corrected chi connectivity index (χ0v) is 10.6. The maximum atomic E-state index is 11.2. The Kier molecular flexibility index (Phi) is 5.17. The standard InChI is InChI=1S/C8H18N2O5S/c1-6(11)5-9-16(13,14)10-7(12)15-8(2,3)4/h6,9,11H,5H2,1-4H3,(H,10,12). The van der Waals surface area contributed by atoms with Crippen LogP contribution in [0.5, 0.6) is 0 Å². The largest absolute Gasteiger partial charge is 0.443 e. The predicted octanol–water partition coefficient (Wildman–Crippen LogP) is -0.274. The Hall–Kier alpha value is -0.860. The number of nitrogens with one attached hydrogen (secondary N) is 2. The van der Waals surface area contributed by atoms with E-state index >= 15 is 0 Å². The third-order valence-electron chi connectivity index (χ3n) is 1.19. The van der Waals surface area contributed by atoms with Crippen LogP contribution in [-0.4, -0.2) is 37.9 Å². The van der Waals surface area contributed by atoms with E-state index in [1.165, 1.54) is 6.92 Å². The van der Waals surface area contributed by atoms with Gasteiger partial charge < -0.3 is 9.84 Å². The summed E-state index contributed by atoms with van der Waals surface area (Å²) in [7, 11) is -3.98. The summed E-state index contributed by atoms with van der Waals surface area (Å²) in [4.78, 5) is 11.1. The Morgan fingerprint density at radius 3 is 2.31 bits per heavy atom. The molecule has 0 aromatic heterocycles.